The number of carbonyl (C=O) groups is 1. The smallest absolute Gasteiger partial charge is 0.237 e. The Bertz CT molecular complexity index is 289. The van der Waals surface area contributed by atoms with Crippen LogP contribution in [0.5, 0.6) is 0 Å². The standard InChI is InChI=1S/C10H13ClN2O/c1-13(10(14)8-11)7-4-9-2-5-12-6-3-9/h2-3,5-6H,4,7-8H2,1H3. The van der Waals surface area contributed by atoms with Crippen LogP contribution in [0.1, 0.15) is 5.56 Å². The predicted molar refractivity (Wildman–Crippen MR) is 56.3 cm³/mol. The van der Waals surface area contributed by atoms with Crippen molar-refractivity contribution >= 4 is 17.5 Å². The molecule has 1 heterocycles. The Labute approximate surface area is 88.7 Å². The molecule has 0 aliphatic heterocycles. The summed E-state index contributed by atoms with van der Waals surface area (Å²) in [5.74, 6) is 0.00746. The van der Waals surface area contributed by atoms with Gasteiger partial charge in [-0.1, -0.05) is 0 Å². The van der Waals surface area contributed by atoms with Gasteiger partial charge in [0.15, 0.2) is 0 Å². The van der Waals surface area contributed by atoms with Gasteiger partial charge in [0.2, 0.25) is 5.91 Å². The first-order chi connectivity index (χ1) is 6.74. The van der Waals surface area contributed by atoms with Crippen LogP contribution in [0.25, 0.3) is 0 Å². The number of likely N-dealkylation sites (N-methyl/N-ethyl adjacent to an activating group) is 1. The van der Waals surface area contributed by atoms with Crippen molar-refractivity contribution in [2.45, 2.75) is 6.42 Å². The highest BCUT2D eigenvalue weighted by Crippen LogP contribution is 1.99. The minimum Gasteiger partial charge on any atom is -0.344 e. The van der Waals surface area contributed by atoms with E-state index in [2.05, 4.69) is 4.98 Å². The number of rotatable bonds is 4. The van der Waals surface area contributed by atoms with Crippen LogP contribution >= 0.6 is 11.6 Å². The molecular formula is C10H13ClN2O. The number of amides is 1. The van der Waals surface area contributed by atoms with Gasteiger partial charge in [-0.25, -0.2) is 0 Å². The van der Waals surface area contributed by atoms with Gasteiger partial charge in [-0.3, -0.25) is 9.78 Å². The Morgan fingerprint density at radius 3 is 2.71 bits per heavy atom. The second kappa shape index (κ2) is 5.60. The lowest BCUT2D eigenvalue weighted by molar-refractivity contribution is -0.127. The highest BCUT2D eigenvalue weighted by Gasteiger charge is 2.05. The number of aromatic nitrogens is 1. The van der Waals surface area contributed by atoms with Crippen molar-refractivity contribution in [2.24, 2.45) is 0 Å². The zero-order chi connectivity index (χ0) is 10.4. The van der Waals surface area contributed by atoms with Gasteiger partial charge in [0.1, 0.15) is 5.88 Å². The van der Waals surface area contributed by atoms with Crippen LogP contribution in [0.4, 0.5) is 0 Å². The van der Waals surface area contributed by atoms with E-state index in [1.165, 1.54) is 5.56 Å². The van der Waals surface area contributed by atoms with Crippen molar-refractivity contribution in [2.75, 3.05) is 19.5 Å². The molecule has 0 radical (unpaired) electrons. The van der Waals surface area contributed by atoms with Gasteiger partial charge in [0.25, 0.3) is 0 Å². The Kier molecular flexibility index (Phi) is 4.40. The topological polar surface area (TPSA) is 33.2 Å². The molecule has 0 aromatic carbocycles. The Balaban J connectivity index is 2.38. The quantitative estimate of drug-likeness (QED) is 0.706. The first kappa shape index (κ1) is 11.0. The van der Waals surface area contributed by atoms with Crippen molar-refractivity contribution in [3.05, 3.63) is 30.1 Å². The fraction of sp³-hybridized carbons (Fsp3) is 0.400. The fourth-order valence-electron chi connectivity index (χ4n) is 1.07. The number of alkyl halides is 1. The molecule has 0 saturated carbocycles. The van der Waals surface area contributed by atoms with Crippen LogP contribution < -0.4 is 0 Å². The number of halogens is 1. The molecule has 1 aromatic rings. The Morgan fingerprint density at radius 2 is 2.14 bits per heavy atom. The van der Waals surface area contributed by atoms with E-state index >= 15 is 0 Å². The summed E-state index contributed by atoms with van der Waals surface area (Å²) in [5.41, 5.74) is 1.18. The van der Waals surface area contributed by atoms with Gasteiger partial charge in [-0.05, 0) is 24.1 Å². The van der Waals surface area contributed by atoms with E-state index in [0.29, 0.717) is 6.54 Å². The monoisotopic (exact) mass is 212 g/mol. The van der Waals surface area contributed by atoms with E-state index in [1.54, 1.807) is 24.3 Å². The molecule has 0 fully saturated rings. The van der Waals surface area contributed by atoms with Crippen LogP contribution in [0.3, 0.4) is 0 Å². The van der Waals surface area contributed by atoms with E-state index in [-0.39, 0.29) is 11.8 Å². The van der Waals surface area contributed by atoms with Crippen LogP contribution in [0.2, 0.25) is 0 Å². The third-order valence-corrected chi connectivity index (χ3v) is 2.25. The van der Waals surface area contributed by atoms with Gasteiger partial charge < -0.3 is 4.90 Å². The molecule has 0 bridgehead atoms. The molecule has 0 unspecified atom stereocenters. The molecule has 1 rings (SSSR count). The maximum Gasteiger partial charge on any atom is 0.237 e. The third-order valence-electron chi connectivity index (χ3n) is 2.03. The second-order valence-electron chi connectivity index (χ2n) is 3.05. The highest BCUT2D eigenvalue weighted by molar-refractivity contribution is 6.27. The molecule has 0 aliphatic rings. The maximum absolute atomic E-state index is 11.1. The molecule has 0 N–H and O–H groups in total. The first-order valence-corrected chi connectivity index (χ1v) is 4.96. The molecule has 0 saturated heterocycles. The average Bonchev–Trinajstić information content (AvgIpc) is 2.26. The van der Waals surface area contributed by atoms with Gasteiger partial charge in [-0.2, -0.15) is 0 Å². The zero-order valence-corrected chi connectivity index (χ0v) is 8.87. The molecule has 1 aromatic heterocycles. The summed E-state index contributed by atoms with van der Waals surface area (Å²) in [6, 6.07) is 3.89. The lowest BCUT2D eigenvalue weighted by Gasteiger charge is -2.15. The molecular weight excluding hydrogens is 200 g/mol. The summed E-state index contributed by atoms with van der Waals surface area (Å²) in [6.07, 6.45) is 4.33. The highest BCUT2D eigenvalue weighted by atomic mass is 35.5. The number of hydrogen-bond acceptors (Lipinski definition) is 2. The van der Waals surface area contributed by atoms with Crippen molar-refractivity contribution in [3.63, 3.8) is 0 Å². The van der Waals surface area contributed by atoms with Crippen LogP contribution in [0, 0.1) is 0 Å². The lowest BCUT2D eigenvalue weighted by Crippen LogP contribution is -2.29. The summed E-state index contributed by atoms with van der Waals surface area (Å²) in [6.45, 7) is 0.690. The van der Waals surface area contributed by atoms with Crippen LogP contribution in [-0.4, -0.2) is 35.3 Å². The van der Waals surface area contributed by atoms with E-state index in [9.17, 15) is 4.79 Å². The fourth-order valence-corrected chi connectivity index (χ4v) is 1.28. The summed E-state index contributed by atoms with van der Waals surface area (Å²) in [5, 5.41) is 0. The van der Waals surface area contributed by atoms with Crippen LogP contribution in [0.15, 0.2) is 24.5 Å². The summed E-state index contributed by atoms with van der Waals surface area (Å²) >= 11 is 5.43. The number of nitrogens with zero attached hydrogens (tertiary/aromatic N) is 2. The predicted octanol–water partition coefficient (Wildman–Crippen LogP) is 1.32. The van der Waals surface area contributed by atoms with Gasteiger partial charge in [0.05, 0.1) is 0 Å². The van der Waals surface area contributed by atoms with E-state index in [0.717, 1.165) is 6.42 Å². The van der Waals surface area contributed by atoms with Crippen molar-refractivity contribution in [1.82, 2.24) is 9.88 Å². The molecule has 14 heavy (non-hydrogen) atoms. The average molecular weight is 213 g/mol. The molecule has 1 amide bonds. The van der Waals surface area contributed by atoms with E-state index < -0.39 is 0 Å². The Morgan fingerprint density at radius 1 is 1.50 bits per heavy atom. The molecule has 0 atom stereocenters. The number of hydrogen-bond donors (Lipinski definition) is 0. The maximum atomic E-state index is 11.1. The molecule has 3 nitrogen and oxygen atoms in total. The molecule has 0 aliphatic carbocycles. The molecule has 0 spiro atoms. The third kappa shape index (κ3) is 3.34. The van der Waals surface area contributed by atoms with Crippen LogP contribution in [-0.2, 0) is 11.2 Å². The SMILES string of the molecule is CN(CCc1ccncc1)C(=O)CCl. The van der Waals surface area contributed by atoms with E-state index in [1.807, 2.05) is 12.1 Å². The largest absolute Gasteiger partial charge is 0.344 e. The Hall–Kier alpha value is -1.09. The normalized spacial score (nSPS) is 9.86. The number of carbonyl (C=O) groups excluding carboxylic acids is 1. The molecule has 4 heteroatoms. The number of pyridine rings is 1. The minimum atomic E-state index is -0.0410. The summed E-state index contributed by atoms with van der Waals surface area (Å²) in [7, 11) is 1.76. The first-order valence-electron chi connectivity index (χ1n) is 4.43. The summed E-state index contributed by atoms with van der Waals surface area (Å²) in [4.78, 5) is 16.7. The molecule has 76 valence electrons. The van der Waals surface area contributed by atoms with Crippen molar-refractivity contribution in [1.29, 1.82) is 0 Å². The second-order valence-corrected chi connectivity index (χ2v) is 3.32. The van der Waals surface area contributed by atoms with Crippen molar-refractivity contribution < 1.29 is 4.79 Å². The zero-order valence-electron chi connectivity index (χ0n) is 8.11. The van der Waals surface area contributed by atoms with Gasteiger partial charge in [-0.15, -0.1) is 11.6 Å². The minimum absolute atomic E-state index is 0.0410. The van der Waals surface area contributed by atoms with Gasteiger partial charge in [0, 0.05) is 26.0 Å². The van der Waals surface area contributed by atoms with Gasteiger partial charge >= 0.3 is 0 Å². The lowest BCUT2D eigenvalue weighted by atomic mass is 10.2. The van der Waals surface area contributed by atoms with E-state index in [4.69, 9.17) is 11.6 Å². The van der Waals surface area contributed by atoms with Crippen molar-refractivity contribution in [3.8, 4) is 0 Å². The summed E-state index contributed by atoms with van der Waals surface area (Å²) < 4.78 is 0.